The summed E-state index contributed by atoms with van der Waals surface area (Å²) in [5.74, 6) is 0.691. The van der Waals surface area contributed by atoms with E-state index >= 15 is 0 Å². The molecule has 34 heavy (non-hydrogen) atoms. The van der Waals surface area contributed by atoms with E-state index < -0.39 is 0 Å². The lowest BCUT2D eigenvalue weighted by molar-refractivity contribution is -0.129. The first kappa shape index (κ1) is 24.8. The topological polar surface area (TPSA) is 85.0 Å². The third-order valence-electron chi connectivity index (χ3n) is 7.26. The second-order valence-electron chi connectivity index (χ2n) is 9.58. The molecule has 0 bridgehead atoms. The van der Waals surface area contributed by atoms with E-state index in [2.05, 4.69) is 15.5 Å². The highest BCUT2D eigenvalue weighted by Gasteiger charge is 2.37. The largest absolute Gasteiger partial charge is 0.355 e. The van der Waals surface area contributed by atoms with Gasteiger partial charge in [-0.25, -0.2) is 4.79 Å². The molecule has 1 aromatic carbocycles. The molecule has 8 nitrogen and oxygen atoms in total. The second kappa shape index (κ2) is 11.9. The molecule has 186 valence electrons. The average molecular weight is 490 g/mol. The molecule has 2 aliphatic heterocycles. The Labute approximate surface area is 207 Å². The van der Waals surface area contributed by atoms with Gasteiger partial charge in [-0.15, -0.1) is 0 Å². The summed E-state index contributed by atoms with van der Waals surface area (Å²) in [6.07, 6.45) is 6.89. The first-order chi connectivity index (χ1) is 16.5. The molecule has 1 saturated carbocycles. The van der Waals surface area contributed by atoms with E-state index in [1.807, 2.05) is 17.0 Å². The zero-order valence-electron chi connectivity index (χ0n) is 19.8. The highest BCUT2D eigenvalue weighted by molar-refractivity contribution is 6.30. The van der Waals surface area contributed by atoms with Gasteiger partial charge in [-0.1, -0.05) is 30.5 Å². The molecule has 0 aromatic heterocycles. The molecular formula is C25H36ClN5O3. The van der Waals surface area contributed by atoms with Crippen molar-refractivity contribution in [1.82, 2.24) is 20.0 Å². The molecule has 1 atom stereocenters. The molecule has 0 spiro atoms. The summed E-state index contributed by atoms with van der Waals surface area (Å²) >= 11 is 6.02. The zero-order chi connectivity index (χ0) is 23.9. The van der Waals surface area contributed by atoms with Gasteiger partial charge >= 0.3 is 6.03 Å². The van der Waals surface area contributed by atoms with E-state index in [4.69, 9.17) is 11.6 Å². The van der Waals surface area contributed by atoms with Crippen LogP contribution in [0.25, 0.3) is 0 Å². The fraction of sp³-hybridized carbons (Fsp3) is 0.640. The van der Waals surface area contributed by atoms with Crippen molar-refractivity contribution < 1.29 is 14.4 Å². The molecule has 1 aromatic rings. The third-order valence-corrected chi connectivity index (χ3v) is 7.50. The van der Waals surface area contributed by atoms with E-state index in [0.717, 1.165) is 32.2 Å². The van der Waals surface area contributed by atoms with Crippen molar-refractivity contribution >= 4 is 35.1 Å². The lowest BCUT2D eigenvalue weighted by Crippen LogP contribution is -2.58. The number of amides is 4. The maximum atomic E-state index is 13.2. The third kappa shape index (κ3) is 6.42. The van der Waals surface area contributed by atoms with Crippen LogP contribution in [0.4, 0.5) is 10.5 Å². The molecule has 2 N–H and O–H groups in total. The van der Waals surface area contributed by atoms with Crippen molar-refractivity contribution in [3.8, 4) is 0 Å². The second-order valence-corrected chi connectivity index (χ2v) is 10.0. The zero-order valence-corrected chi connectivity index (χ0v) is 20.6. The smallest absolute Gasteiger partial charge is 0.321 e. The van der Waals surface area contributed by atoms with Gasteiger partial charge in [-0.2, -0.15) is 0 Å². The maximum absolute atomic E-state index is 13.2. The Kier molecular flexibility index (Phi) is 8.67. The Morgan fingerprint density at radius 1 is 1.06 bits per heavy atom. The molecule has 4 rings (SSSR count). The van der Waals surface area contributed by atoms with E-state index in [9.17, 15) is 14.4 Å². The van der Waals surface area contributed by atoms with Gasteiger partial charge in [0.05, 0.1) is 6.04 Å². The summed E-state index contributed by atoms with van der Waals surface area (Å²) in [7, 11) is 0. The highest BCUT2D eigenvalue weighted by Crippen LogP contribution is 2.31. The number of nitrogens with zero attached hydrogens (tertiary/aromatic N) is 3. The standard InChI is InChI=1S/C25H36ClN5O3/c26-20-8-3-9-21(18-20)28-25(34)31-16-14-30(15-17-31)23(19-6-1-2-7-19)24(33)27-11-5-13-29-12-4-10-22(29)32/h3,8-9,18-19,23H,1-2,4-7,10-17H2,(H,27,33)(H,28,34). The van der Waals surface area contributed by atoms with Crippen LogP contribution < -0.4 is 10.6 Å². The summed E-state index contributed by atoms with van der Waals surface area (Å²) in [6.45, 7) is 4.67. The van der Waals surface area contributed by atoms with Crippen molar-refractivity contribution in [2.45, 2.75) is 51.0 Å². The van der Waals surface area contributed by atoms with E-state index in [-0.39, 0.29) is 23.9 Å². The SMILES string of the molecule is O=C(NCCCN1CCCC1=O)C(C1CCCC1)N1CCN(C(=O)Nc2cccc(Cl)c2)CC1. The number of benzene rings is 1. The summed E-state index contributed by atoms with van der Waals surface area (Å²) in [5.41, 5.74) is 0.679. The molecule has 3 aliphatic rings. The first-order valence-electron chi connectivity index (χ1n) is 12.6. The minimum atomic E-state index is -0.144. The fourth-order valence-electron chi connectivity index (χ4n) is 5.45. The maximum Gasteiger partial charge on any atom is 0.321 e. The van der Waals surface area contributed by atoms with Gasteiger partial charge in [0, 0.05) is 62.9 Å². The monoisotopic (exact) mass is 489 g/mol. The summed E-state index contributed by atoms with van der Waals surface area (Å²) in [4.78, 5) is 43.7. The Hall–Kier alpha value is -2.32. The van der Waals surface area contributed by atoms with Crippen molar-refractivity contribution in [2.24, 2.45) is 5.92 Å². The number of carbonyl (C=O) groups excluding carboxylic acids is 3. The Morgan fingerprint density at radius 3 is 2.50 bits per heavy atom. The summed E-state index contributed by atoms with van der Waals surface area (Å²) in [6, 6.07) is 6.85. The van der Waals surface area contributed by atoms with Gasteiger partial charge in [0.2, 0.25) is 11.8 Å². The molecule has 0 radical (unpaired) electrons. The number of urea groups is 1. The average Bonchev–Trinajstić information content (AvgIpc) is 3.49. The van der Waals surface area contributed by atoms with Crippen LogP contribution in [0, 0.1) is 5.92 Å². The van der Waals surface area contributed by atoms with Crippen molar-refractivity contribution in [1.29, 1.82) is 0 Å². The van der Waals surface area contributed by atoms with Crippen LogP contribution in [0.2, 0.25) is 5.02 Å². The lowest BCUT2D eigenvalue weighted by Gasteiger charge is -2.40. The number of halogens is 1. The number of rotatable bonds is 8. The Bertz CT molecular complexity index is 868. The van der Waals surface area contributed by atoms with Crippen LogP contribution in [0.5, 0.6) is 0 Å². The van der Waals surface area contributed by atoms with Gasteiger partial charge in [-0.05, 0) is 49.8 Å². The minimum Gasteiger partial charge on any atom is -0.355 e. The summed E-state index contributed by atoms with van der Waals surface area (Å²) < 4.78 is 0. The van der Waals surface area contributed by atoms with Crippen LogP contribution in [-0.4, -0.2) is 84.4 Å². The molecule has 1 unspecified atom stereocenters. The molecule has 3 fully saturated rings. The van der Waals surface area contributed by atoms with Crippen LogP contribution in [0.1, 0.15) is 44.9 Å². The number of carbonyl (C=O) groups is 3. The number of hydrogen-bond acceptors (Lipinski definition) is 4. The van der Waals surface area contributed by atoms with Crippen molar-refractivity contribution in [3.05, 3.63) is 29.3 Å². The molecular weight excluding hydrogens is 454 g/mol. The number of nitrogens with one attached hydrogen (secondary N) is 2. The normalized spacial score (nSPS) is 20.6. The van der Waals surface area contributed by atoms with Crippen molar-refractivity contribution in [3.63, 3.8) is 0 Å². The number of hydrogen-bond donors (Lipinski definition) is 2. The predicted molar refractivity (Wildman–Crippen MR) is 133 cm³/mol. The van der Waals surface area contributed by atoms with Crippen LogP contribution in [0.3, 0.4) is 0 Å². The van der Waals surface area contributed by atoms with Crippen LogP contribution >= 0.6 is 11.6 Å². The van der Waals surface area contributed by atoms with Crippen molar-refractivity contribution in [2.75, 3.05) is 51.1 Å². The lowest BCUT2D eigenvalue weighted by atomic mass is 9.95. The number of anilines is 1. The molecule has 2 heterocycles. The van der Waals surface area contributed by atoms with Gasteiger partial charge in [-0.3, -0.25) is 14.5 Å². The van der Waals surface area contributed by atoms with Gasteiger partial charge in [0.25, 0.3) is 0 Å². The summed E-state index contributed by atoms with van der Waals surface area (Å²) in [5, 5.41) is 6.64. The molecule has 2 saturated heterocycles. The first-order valence-corrected chi connectivity index (χ1v) is 13.0. The quantitative estimate of drug-likeness (QED) is 0.549. The molecule has 1 aliphatic carbocycles. The minimum absolute atomic E-state index is 0.0940. The predicted octanol–water partition coefficient (Wildman–Crippen LogP) is 3.18. The highest BCUT2D eigenvalue weighted by atomic mass is 35.5. The van der Waals surface area contributed by atoms with E-state index in [1.54, 1.807) is 17.0 Å². The van der Waals surface area contributed by atoms with Gasteiger partial charge in [0.1, 0.15) is 0 Å². The van der Waals surface area contributed by atoms with Crippen LogP contribution in [-0.2, 0) is 9.59 Å². The van der Waals surface area contributed by atoms with E-state index in [1.165, 1.54) is 12.8 Å². The molecule has 9 heteroatoms. The molecule has 4 amide bonds. The van der Waals surface area contributed by atoms with Gasteiger partial charge < -0.3 is 20.4 Å². The van der Waals surface area contributed by atoms with Crippen LogP contribution in [0.15, 0.2) is 24.3 Å². The Balaban J connectivity index is 1.27. The van der Waals surface area contributed by atoms with Gasteiger partial charge in [0.15, 0.2) is 0 Å². The fourth-order valence-corrected chi connectivity index (χ4v) is 5.64. The number of piperazine rings is 1. The Morgan fingerprint density at radius 2 is 1.82 bits per heavy atom. The number of likely N-dealkylation sites (tertiary alicyclic amines) is 1. The van der Waals surface area contributed by atoms with E-state index in [0.29, 0.717) is 62.3 Å².